The highest BCUT2D eigenvalue weighted by molar-refractivity contribution is 9.10. The number of benzene rings is 1. The van der Waals surface area contributed by atoms with E-state index in [1.54, 1.807) is 23.1 Å². The molecule has 120 valence electrons. The molecule has 1 atom stereocenters. The van der Waals surface area contributed by atoms with Gasteiger partial charge in [-0.05, 0) is 43.9 Å². The number of halogens is 1. The molecular formula is C16H22BrN3O2. The molecule has 6 heteroatoms. The molecule has 0 spiro atoms. The Morgan fingerprint density at radius 3 is 2.68 bits per heavy atom. The van der Waals surface area contributed by atoms with Crippen molar-refractivity contribution in [2.45, 2.75) is 25.8 Å². The third-order valence-corrected chi connectivity index (χ3v) is 4.62. The van der Waals surface area contributed by atoms with E-state index < -0.39 is 0 Å². The predicted octanol–water partition coefficient (Wildman–Crippen LogP) is 1.76. The van der Waals surface area contributed by atoms with Gasteiger partial charge in [0.15, 0.2) is 0 Å². The lowest BCUT2D eigenvalue weighted by Gasteiger charge is -2.33. The molecule has 1 heterocycles. The van der Waals surface area contributed by atoms with Crippen molar-refractivity contribution in [3.8, 4) is 0 Å². The number of carbonyl (C=O) groups excluding carboxylic acids is 2. The van der Waals surface area contributed by atoms with Crippen LogP contribution in [0.2, 0.25) is 0 Å². The normalized spacial score (nSPS) is 17.1. The zero-order chi connectivity index (χ0) is 16.1. The van der Waals surface area contributed by atoms with Crippen LogP contribution in [0.3, 0.4) is 0 Å². The van der Waals surface area contributed by atoms with Crippen molar-refractivity contribution in [3.63, 3.8) is 0 Å². The molecule has 1 fully saturated rings. The van der Waals surface area contributed by atoms with E-state index >= 15 is 0 Å². The van der Waals surface area contributed by atoms with E-state index in [0.29, 0.717) is 11.5 Å². The lowest BCUT2D eigenvalue weighted by atomic mass is 9.91. The van der Waals surface area contributed by atoms with E-state index in [4.69, 9.17) is 5.73 Å². The molecule has 0 aromatic heterocycles. The van der Waals surface area contributed by atoms with Crippen molar-refractivity contribution >= 4 is 27.7 Å². The molecule has 22 heavy (non-hydrogen) atoms. The van der Waals surface area contributed by atoms with Crippen LogP contribution in [0.1, 0.15) is 30.1 Å². The summed E-state index contributed by atoms with van der Waals surface area (Å²) in [7, 11) is 0. The van der Waals surface area contributed by atoms with Crippen LogP contribution in [-0.4, -0.2) is 42.4 Å². The summed E-state index contributed by atoms with van der Waals surface area (Å²) in [5, 5.41) is 2.68. The zero-order valence-electron chi connectivity index (χ0n) is 12.7. The van der Waals surface area contributed by atoms with Gasteiger partial charge in [0.1, 0.15) is 0 Å². The number of nitrogens with two attached hydrogens (primary N) is 1. The fraction of sp³-hybridized carbons (Fsp3) is 0.500. The number of amides is 2. The van der Waals surface area contributed by atoms with Crippen LogP contribution in [0.15, 0.2) is 28.7 Å². The number of nitrogens with zero attached hydrogens (tertiary/aromatic N) is 1. The van der Waals surface area contributed by atoms with E-state index in [0.717, 1.165) is 30.4 Å². The SMILES string of the molecule is CC(N)C1CCN(C(=O)CNC(=O)c2cccc(Br)c2)CC1. The largest absolute Gasteiger partial charge is 0.343 e. The van der Waals surface area contributed by atoms with Crippen LogP contribution in [-0.2, 0) is 4.79 Å². The van der Waals surface area contributed by atoms with Gasteiger partial charge in [0.25, 0.3) is 5.91 Å². The van der Waals surface area contributed by atoms with Crippen molar-refractivity contribution < 1.29 is 9.59 Å². The standard InChI is InChI=1S/C16H22BrN3O2/c1-11(18)12-5-7-20(8-6-12)15(21)10-19-16(22)13-3-2-4-14(17)9-13/h2-4,9,11-12H,5-8,10,18H2,1H3,(H,19,22). The van der Waals surface area contributed by atoms with Crippen LogP contribution in [0.25, 0.3) is 0 Å². The summed E-state index contributed by atoms with van der Waals surface area (Å²) in [5.41, 5.74) is 6.44. The first kappa shape index (κ1) is 17.0. The highest BCUT2D eigenvalue weighted by Crippen LogP contribution is 2.19. The second kappa shape index (κ2) is 7.74. The summed E-state index contributed by atoms with van der Waals surface area (Å²) in [6.07, 6.45) is 1.87. The molecule has 0 aliphatic carbocycles. The number of piperidine rings is 1. The number of carbonyl (C=O) groups is 2. The Morgan fingerprint density at radius 2 is 2.09 bits per heavy atom. The quantitative estimate of drug-likeness (QED) is 0.851. The van der Waals surface area contributed by atoms with Crippen molar-refractivity contribution in [2.24, 2.45) is 11.7 Å². The summed E-state index contributed by atoms with van der Waals surface area (Å²) in [4.78, 5) is 26.0. The average Bonchev–Trinajstić information content (AvgIpc) is 2.52. The fourth-order valence-corrected chi connectivity index (χ4v) is 3.07. The number of hydrogen-bond donors (Lipinski definition) is 2. The molecule has 0 bridgehead atoms. The van der Waals surface area contributed by atoms with Crippen LogP contribution >= 0.6 is 15.9 Å². The summed E-state index contributed by atoms with van der Waals surface area (Å²) < 4.78 is 0.837. The molecule has 1 aliphatic rings. The Balaban J connectivity index is 1.80. The fourth-order valence-electron chi connectivity index (χ4n) is 2.67. The molecule has 2 amide bonds. The van der Waals surface area contributed by atoms with E-state index in [1.165, 1.54) is 0 Å². The minimum Gasteiger partial charge on any atom is -0.343 e. The van der Waals surface area contributed by atoms with Gasteiger partial charge in [0, 0.05) is 29.2 Å². The van der Waals surface area contributed by atoms with Crippen LogP contribution in [0, 0.1) is 5.92 Å². The number of rotatable bonds is 4. The van der Waals surface area contributed by atoms with Crippen LogP contribution in [0.4, 0.5) is 0 Å². The second-order valence-corrected chi connectivity index (χ2v) is 6.69. The van der Waals surface area contributed by atoms with Gasteiger partial charge in [0.2, 0.25) is 5.91 Å². The number of nitrogens with one attached hydrogen (secondary N) is 1. The van der Waals surface area contributed by atoms with Crippen molar-refractivity contribution in [3.05, 3.63) is 34.3 Å². The Kier molecular flexibility index (Phi) is 5.97. The third kappa shape index (κ3) is 4.55. The minimum absolute atomic E-state index is 0.0357. The van der Waals surface area contributed by atoms with Crippen LogP contribution in [0.5, 0.6) is 0 Å². The smallest absolute Gasteiger partial charge is 0.251 e. The molecule has 2 rings (SSSR count). The first-order valence-corrected chi connectivity index (χ1v) is 8.34. The molecule has 1 saturated heterocycles. The monoisotopic (exact) mass is 367 g/mol. The molecule has 3 N–H and O–H groups in total. The second-order valence-electron chi connectivity index (χ2n) is 5.77. The van der Waals surface area contributed by atoms with E-state index in [2.05, 4.69) is 21.2 Å². The predicted molar refractivity (Wildman–Crippen MR) is 89.4 cm³/mol. The molecule has 1 unspecified atom stereocenters. The summed E-state index contributed by atoms with van der Waals surface area (Å²) >= 11 is 3.32. The Morgan fingerprint density at radius 1 is 1.41 bits per heavy atom. The number of hydrogen-bond acceptors (Lipinski definition) is 3. The van der Waals surface area contributed by atoms with Gasteiger partial charge in [-0.1, -0.05) is 22.0 Å². The topological polar surface area (TPSA) is 75.4 Å². The lowest BCUT2D eigenvalue weighted by molar-refractivity contribution is -0.131. The highest BCUT2D eigenvalue weighted by atomic mass is 79.9. The maximum absolute atomic E-state index is 12.1. The molecule has 1 aliphatic heterocycles. The highest BCUT2D eigenvalue weighted by Gasteiger charge is 2.24. The van der Waals surface area contributed by atoms with Gasteiger partial charge in [-0.2, -0.15) is 0 Å². The van der Waals surface area contributed by atoms with Gasteiger partial charge in [-0.3, -0.25) is 9.59 Å². The van der Waals surface area contributed by atoms with Crippen LogP contribution < -0.4 is 11.1 Å². The zero-order valence-corrected chi connectivity index (χ0v) is 14.3. The molecule has 1 aromatic rings. The van der Waals surface area contributed by atoms with Crippen molar-refractivity contribution in [2.75, 3.05) is 19.6 Å². The van der Waals surface area contributed by atoms with Gasteiger partial charge < -0.3 is 16.0 Å². The first-order chi connectivity index (χ1) is 10.5. The summed E-state index contributed by atoms with van der Waals surface area (Å²) in [6.45, 7) is 3.49. The molecule has 1 aromatic carbocycles. The summed E-state index contributed by atoms with van der Waals surface area (Å²) in [5.74, 6) is 0.215. The van der Waals surface area contributed by atoms with E-state index in [1.807, 2.05) is 13.0 Å². The number of likely N-dealkylation sites (tertiary alicyclic amines) is 1. The molecule has 0 saturated carbocycles. The van der Waals surface area contributed by atoms with E-state index in [-0.39, 0.29) is 24.4 Å². The van der Waals surface area contributed by atoms with Gasteiger partial charge in [-0.15, -0.1) is 0 Å². The maximum atomic E-state index is 12.1. The van der Waals surface area contributed by atoms with Gasteiger partial charge in [-0.25, -0.2) is 0 Å². The third-order valence-electron chi connectivity index (χ3n) is 4.12. The summed E-state index contributed by atoms with van der Waals surface area (Å²) in [6, 6.07) is 7.27. The van der Waals surface area contributed by atoms with E-state index in [9.17, 15) is 9.59 Å². The minimum atomic E-state index is -0.236. The lowest BCUT2D eigenvalue weighted by Crippen LogP contribution is -2.46. The Labute approximate surface area is 139 Å². The van der Waals surface area contributed by atoms with Gasteiger partial charge in [0.05, 0.1) is 6.54 Å². The Hall–Kier alpha value is -1.40. The molecule has 5 nitrogen and oxygen atoms in total. The maximum Gasteiger partial charge on any atom is 0.251 e. The van der Waals surface area contributed by atoms with Crippen molar-refractivity contribution in [1.29, 1.82) is 0 Å². The Bertz CT molecular complexity index is 540. The first-order valence-electron chi connectivity index (χ1n) is 7.54. The average molecular weight is 368 g/mol. The van der Waals surface area contributed by atoms with Gasteiger partial charge >= 0.3 is 0 Å². The molecular weight excluding hydrogens is 346 g/mol. The molecule has 0 radical (unpaired) electrons. The van der Waals surface area contributed by atoms with Crippen molar-refractivity contribution in [1.82, 2.24) is 10.2 Å².